The summed E-state index contributed by atoms with van der Waals surface area (Å²) in [5.74, 6) is 0.737. The fourth-order valence-electron chi connectivity index (χ4n) is 4.97. The number of aliphatic imine (C=N–C) groups is 1. The van der Waals surface area contributed by atoms with Gasteiger partial charge in [0.15, 0.2) is 11.6 Å². The number of hydrogen-bond donors (Lipinski definition) is 2. The van der Waals surface area contributed by atoms with E-state index >= 15 is 0 Å². The third kappa shape index (κ3) is 6.31. The molecule has 5 rings (SSSR count). The van der Waals surface area contributed by atoms with Crippen LogP contribution in [0.5, 0.6) is 5.75 Å². The summed E-state index contributed by atoms with van der Waals surface area (Å²) >= 11 is 16.6. The van der Waals surface area contributed by atoms with Gasteiger partial charge >= 0.3 is 0 Å². The Balaban J connectivity index is 1.59. The van der Waals surface area contributed by atoms with Gasteiger partial charge in [-0.25, -0.2) is 10.0 Å². The van der Waals surface area contributed by atoms with Gasteiger partial charge in [-0.05, 0) is 60.9 Å². The van der Waals surface area contributed by atoms with Gasteiger partial charge in [0.1, 0.15) is 5.75 Å². The predicted molar refractivity (Wildman–Crippen MR) is 160 cm³/mol. The Morgan fingerprint density at radius 2 is 1.88 bits per heavy atom. The van der Waals surface area contributed by atoms with E-state index in [1.165, 1.54) is 0 Å². The van der Waals surface area contributed by atoms with Crippen LogP contribution in [0.4, 0.5) is 0 Å². The topological polar surface area (TPSA) is 83.4 Å². The minimum atomic E-state index is -1.37. The van der Waals surface area contributed by atoms with Crippen molar-refractivity contribution in [3.8, 4) is 5.75 Å². The van der Waals surface area contributed by atoms with E-state index < -0.39 is 11.6 Å². The average molecular weight is 647 g/mol. The van der Waals surface area contributed by atoms with Crippen molar-refractivity contribution in [1.29, 1.82) is 0 Å². The highest BCUT2D eigenvalue weighted by Gasteiger charge is 2.54. The third-order valence-electron chi connectivity index (χ3n) is 7.06. The van der Waals surface area contributed by atoms with Crippen LogP contribution in [0.1, 0.15) is 42.1 Å². The van der Waals surface area contributed by atoms with Gasteiger partial charge in [0.2, 0.25) is 5.90 Å². The molecule has 0 radical (unpaired) electrons. The van der Waals surface area contributed by atoms with E-state index in [0.29, 0.717) is 45.8 Å². The lowest BCUT2D eigenvalue weighted by atomic mass is 9.82. The number of aliphatic hydroxyl groups excluding tert-OH is 1. The van der Waals surface area contributed by atoms with E-state index in [4.69, 9.17) is 42.8 Å². The van der Waals surface area contributed by atoms with E-state index in [2.05, 4.69) is 21.4 Å². The van der Waals surface area contributed by atoms with Crippen LogP contribution in [-0.2, 0) is 16.0 Å². The minimum absolute atomic E-state index is 0.0660. The van der Waals surface area contributed by atoms with E-state index in [1.807, 2.05) is 53.5 Å². The molecule has 0 bridgehead atoms. The molecule has 210 valence electrons. The fourth-order valence-corrected chi connectivity index (χ4v) is 5.91. The SMILES string of the molecule is O=C(NN1CCCC1)[C@@]1(Cc2ccccc2Br)N=C(c2ccc(OCCCO)cc2)O[C@H]1c1ccc(Cl)cc1Cl. The molecule has 1 amide bonds. The zero-order valence-corrected chi connectivity index (χ0v) is 24.9. The van der Waals surface area contributed by atoms with Crippen LogP contribution in [0.3, 0.4) is 0 Å². The summed E-state index contributed by atoms with van der Waals surface area (Å²) in [6.07, 6.45) is 2.03. The maximum atomic E-state index is 14.3. The molecule has 3 aromatic carbocycles. The molecule has 2 heterocycles. The number of hydrogen-bond acceptors (Lipinski definition) is 6. The molecule has 10 heteroatoms. The average Bonchev–Trinajstić information content (AvgIpc) is 3.59. The first-order chi connectivity index (χ1) is 19.4. The molecule has 7 nitrogen and oxygen atoms in total. The first kappa shape index (κ1) is 28.9. The summed E-state index contributed by atoms with van der Waals surface area (Å²) in [4.78, 5) is 19.4. The van der Waals surface area contributed by atoms with Crippen molar-refractivity contribution in [2.45, 2.75) is 37.3 Å². The first-order valence-corrected chi connectivity index (χ1v) is 14.8. The Bertz CT molecular complexity index is 1380. The zero-order valence-electron chi connectivity index (χ0n) is 21.8. The normalized spacial score (nSPS) is 20.7. The van der Waals surface area contributed by atoms with Crippen LogP contribution in [0.25, 0.3) is 0 Å². The number of nitrogens with one attached hydrogen (secondary N) is 1. The maximum Gasteiger partial charge on any atom is 0.266 e. The quantitative estimate of drug-likeness (QED) is 0.259. The number of rotatable bonds is 10. The lowest BCUT2D eigenvalue weighted by Crippen LogP contribution is -2.54. The highest BCUT2D eigenvalue weighted by atomic mass is 79.9. The standard InChI is InChI=1S/C30H30BrCl2N3O4/c31-25-7-2-1-6-21(25)19-30(29(38)35-36-14-3-4-15-36)27(24-13-10-22(32)18-26(24)33)40-28(34-30)20-8-11-23(12-9-20)39-17-5-16-37/h1-2,6-13,18,27,37H,3-5,14-17,19H2,(H,35,38)/t27-,30-/m0/s1. The molecule has 0 unspecified atom stereocenters. The number of carbonyl (C=O) groups is 1. The van der Waals surface area contributed by atoms with E-state index in [9.17, 15) is 4.79 Å². The van der Waals surface area contributed by atoms with E-state index in [0.717, 1.165) is 36.0 Å². The second-order valence-corrected chi connectivity index (χ2v) is 11.6. The second kappa shape index (κ2) is 12.9. The molecule has 1 saturated heterocycles. The number of aliphatic hydroxyl groups is 1. The minimum Gasteiger partial charge on any atom is -0.494 e. The predicted octanol–water partition coefficient (Wildman–Crippen LogP) is 6.14. The Kier molecular flexibility index (Phi) is 9.33. The van der Waals surface area contributed by atoms with Crippen molar-refractivity contribution < 1.29 is 19.4 Å². The molecular formula is C30H30BrCl2N3O4. The maximum absolute atomic E-state index is 14.3. The number of nitrogens with zero attached hydrogens (tertiary/aromatic N) is 2. The van der Waals surface area contributed by atoms with Crippen LogP contribution in [-0.4, -0.2) is 53.8 Å². The summed E-state index contributed by atoms with van der Waals surface area (Å²) in [6.45, 7) is 2.03. The van der Waals surface area contributed by atoms with Crippen molar-refractivity contribution in [2.75, 3.05) is 26.3 Å². The Labute approximate surface area is 252 Å². The number of ether oxygens (including phenoxy) is 2. The molecule has 3 aromatic rings. The summed E-state index contributed by atoms with van der Waals surface area (Å²) in [7, 11) is 0. The van der Waals surface area contributed by atoms with Crippen molar-refractivity contribution >= 4 is 50.9 Å². The zero-order chi connectivity index (χ0) is 28.1. The van der Waals surface area contributed by atoms with Gasteiger partial charge in [0.25, 0.3) is 5.91 Å². The number of carbonyl (C=O) groups excluding carboxylic acids is 1. The smallest absolute Gasteiger partial charge is 0.266 e. The monoisotopic (exact) mass is 645 g/mol. The second-order valence-electron chi connectivity index (χ2n) is 9.86. The number of halogens is 3. The summed E-state index contributed by atoms with van der Waals surface area (Å²) in [5, 5.41) is 11.8. The van der Waals surface area contributed by atoms with Gasteiger partial charge < -0.3 is 14.6 Å². The first-order valence-electron chi connectivity index (χ1n) is 13.2. The fraction of sp³-hybridized carbons (Fsp3) is 0.333. The molecule has 1 fully saturated rings. The van der Waals surface area contributed by atoms with Crippen LogP contribution >= 0.6 is 39.1 Å². The Morgan fingerprint density at radius 1 is 1.12 bits per heavy atom. The van der Waals surface area contributed by atoms with E-state index in [1.54, 1.807) is 18.2 Å². The Morgan fingerprint density at radius 3 is 2.58 bits per heavy atom. The largest absolute Gasteiger partial charge is 0.494 e. The molecule has 2 atom stereocenters. The van der Waals surface area contributed by atoms with Gasteiger partial charge in [-0.2, -0.15) is 0 Å². The molecule has 2 N–H and O–H groups in total. The van der Waals surface area contributed by atoms with Crippen molar-refractivity contribution in [2.24, 2.45) is 4.99 Å². The highest BCUT2D eigenvalue weighted by Crippen LogP contribution is 2.45. The van der Waals surface area contributed by atoms with Gasteiger partial charge in [0, 0.05) is 58.2 Å². The molecular weight excluding hydrogens is 617 g/mol. The van der Waals surface area contributed by atoms with Crippen LogP contribution < -0.4 is 10.2 Å². The molecule has 2 aliphatic heterocycles. The number of benzene rings is 3. The number of amides is 1. The van der Waals surface area contributed by atoms with Crippen LogP contribution in [0.15, 0.2) is 76.2 Å². The Hall–Kier alpha value is -2.62. The number of hydrazine groups is 1. The summed E-state index contributed by atoms with van der Waals surface area (Å²) < 4.78 is 13.1. The van der Waals surface area contributed by atoms with Gasteiger partial charge in [-0.3, -0.25) is 10.2 Å². The molecule has 0 aromatic heterocycles. The van der Waals surface area contributed by atoms with Crippen molar-refractivity contribution in [1.82, 2.24) is 10.4 Å². The lowest BCUT2D eigenvalue weighted by molar-refractivity contribution is -0.133. The molecule has 40 heavy (non-hydrogen) atoms. The van der Waals surface area contributed by atoms with Gasteiger partial charge in [0.05, 0.1) is 6.61 Å². The van der Waals surface area contributed by atoms with Gasteiger partial charge in [-0.1, -0.05) is 63.4 Å². The molecule has 0 aliphatic carbocycles. The summed E-state index contributed by atoms with van der Waals surface area (Å²) in [6, 6.07) is 20.3. The van der Waals surface area contributed by atoms with Gasteiger partial charge in [-0.15, -0.1) is 0 Å². The van der Waals surface area contributed by atoms with Crippen molar-refractivity contribution in [3.05, 3.63) is 97.9 Å². The molecule has 2 aliphatic rings. The third-order valence-corrected chi connectivity index (χ3v) is 8.39. The molecule has 0 spiro atoms. The van der Waals surface area contributed by atoms with Crippen LogP contribution in [0, 0.1) is 0 Å². The highest BCUT2D eigenvalue weighted by molar-refractivity contribution is 9.10. The van der Waals surface area contributed by atoms with Crippen LogP contribution in [0.2, 0.25) is 10.0 Å². The van der Waals surface area contributed by atoms with Crippen molar-refractivity contribution in [3.63, 3.8) is 0 Å². The lowest BCUT2D eigenvalue weighted by Gasteiger charge is -2.33. The summed E-state index contributed by atoms with van der Waals surface area (Å²) in [5.41, 5.74) is 4.00. The van der Waals surface area contributed by atoms with E-state index in [-0.39, 0.29) is 18.9 Å². The molecule has 0 saturated carbocycles.